The Balaban J connectivity index is 1.57. The molecule has 0 aromatic heterocycles. The predicted octanol–water partition coefficient (Wildman–Crippen LogP) is 4.83. The SMILES string of the molecule is O=C(NC1(C(=O)O)CCC1)c1cc(Cl)c2ccccc2c1OCCOc1ccc(F)cc1. The van der Waals surface area contributed by atoms with Crippen LogP contribution in [0.5, 0.6) is 11.5 Å². The molecule has 3 aromatic rings. The van der Waals surface area contributed by atoms with Gasteiger partial charge in [0, 0.05) is 15.8 Å². The Morgan fingerprint density at radius 3 is 2.31 bits per heavy atom. The van der Waals surface area contributed by atoms with Crippen molar-refractivity contribution < 1.29 is 28.6 Å². The predicted molar refractivity (Wildman–Crippen MR) is 118 cm³/mol. The van der Waals surface area contributed by atoms with Crippen molar-refractivity contribution in [3.63, 3.8) is 0 Å². The average Bonchev–Trinajstić information content (AvgIpc) is 2.75. The number of carboxylic acid groups (broad SMARTS) is 1. The van der Waals surface area contributed by atoms with E-state index in [9.17, 15) is 19.1 Å². The summed E-state index contributed by atoms with van der Waals surface area (Å²) in [7, 11) is 0. The lowest BCUT2D eigenvalue weighted by molar-refractivity contribution is -0.148. The number of carbonyl (C=O) groups is 2. The number of carbonyl (C=O) groups excluding carboxylic acids is 1. The highest BCUT2D eigenvalue weighted by atomic mass is 35.5. The third-order valence-corrected chi connectivity index (χ3v) is 5.88. The van der Waals surface area contributed by atoms with Gasteiger partial charge in [-0.2, -0.15) is 0 Å². The van der Waals surface area contributed by atoms with Crippen molar-refractivity contribution in [2.24, 2.45) is 0 Å². The van der Waals surface area contributed by atoms with Gasteiger partial charge in [0.15, 0.2) is 0 Å². The second-order valence-electron chi connectivity index (χ2n) is 7.63. The van der Waals surface area contributed by atoms with E-state index < -0.39 is 17.4 Å². The monoisotopic (exact) mass is 457 g/mol. The van der Waals surface area contributed by atoms with Crippen LogP contribution in [-0.2, 0) is 4.79 Å². The molecule has 0 unspecified atom stereocenters. The largest absolute Gasteiger partial charge is 0.490 e. The van der Waals surface area contributed by atoms with Gasteiger partial charge in [-0.1, -0.05) is 35.9 Å². The molecule has 1 fully saturated rings. The number of fused-ring (bicyclic) bond motifs is 1. The molecule has 1 aliphatic carbocycles. The van der Waals surface area contributed by atoms with Crippen LogP contribution in [0.25, 0.3) is 10.8 Å². The maximum Gasteiger partial charge on any atom is 0.329 e. The zero-order valence-corrected chi connectivity index (χ0v) is 17.8. The molecule has 0 radical (unpaired) electrons. The summed E-state index contributed by atoms with van der Waals surface area (Å²) >= 11 is 6.41. The lowest BCUT2D eigenvalue weighted by Crippen LogP contribution is -2.59. The number of amides is 1. The number of hydrogen-bond donors (Lipinski definition) is 2. The Labute approximate surface area is 188 Å². The number of halogens is 2. The normalized spacial score (nSPS) is 14.4. The van der Waals surface area contributed by atoms with Crippen molar-refractivity contribution in [3.8, 4) is 11.5 Å². The first-order chi connectivity index (χ1) is 15.4. The van der Waals surface area contributed by atoms with E-state index in [1.807, 2.05) is 12.1 Å². The first kappa shape index (κ1) is 21.9. The van der Waals surface area contributed by atoms with Crippen molar-refractivity contribution in [1.82, 2.24) is 5.32 Å². The van der Waals surface area contributed by atoms with Gasteiger partial charge in [-0.25, -0.2) is 9.18 Å². The third kappa shape index (κ3) is 4.34. The maximum atomic E-state index is 13.1. The lowest BCUT2D eigenvalue weighted by atomic mass is 9.76. The highest BCUT2D eigenvalue weighted by Gasteiger charge is 2.46. The minimum Gasteiger partial charge on any atom is -0.490 e. The second kappa shape index (κ2) is 9.04. The summed E-state index contributed by atoms with van der Waals surface area (Å²) in [6, 6.07) is 14.3. The Kier molecular flexibility index (Phi) is 6.19. The Bertz CT molecular complexity index is 1160. The molecule has 0 aliphatic heterocycles. The molecule has 8 heteroatoms. The second-order valence-corrected chi connectivity index (χ2v) is 8.03. The van der Waals surface area contributed by atoms with Gasteiger partial charge in [-0.05, 0) is 49.6 Å². The van der Waals surface area contributed by atoms with E-state index in [0.717, 1.165) is 6.42 Å². The number of carboxylic acids is 1. The fraction of sp³-hybridized carbons (Fsp3) is 0.250. The first-order valence-electron chi connectivity index (χ1n) is 10.2. The van der Waals surface area contributed by atoms with E-state index in [2.05, 4.69) is 5.32 Å². The van der Waals surface area contributed by atoms with E-state index in [4.69, 9.17) is 21.1 Å². The quantitative estimate of drug-likeness (QED) is 0.473. The lowest BCUT2D eigenvalue weighted by Gasteiger charge is -2.38. The molecule has 1 saturated carbocycles. The van der Waals surface area contributed by atoms with Crippen LogP contribution >= 0.6 is 11.6 Å². The smallest absolute Gasteiger partial charge is 0.329 e. The van der Waals surface area contributed by atoms with E-state index >= 15 is 0 Å². The molecule has 0 bridgehead atoms. The Morgan fingerprint density at radius 1 is 1.03 bits per heavy atom. The topological polar surface area (TPSA) is 84.9 Å². The van der Waals surface area contributed by atoms with Crippen LogP contribution in [0.15, 0.2) is 54.6 Å². The van der Waals surface area contributed by atoms with E-state index in [-0.39, 0.29) is 24.6 Å². The zero-order valence-electron chi connectivity index (χ0n) is 17.1. The van der Waals surface area contributed by atoms with Crippen LogP contribution in [0.4, 0.5) is 4.39 Å². The molecular formula is C24H21ClFNO5. The van der Waals surface area contributed by atoms with Crippen molar-refractivity contribution in [2.45, 2.75) is 24.8 Å². The summed E-state index contributed by atoms with van der Waals surface area (Å²) in [5.41, 5.74) is -1.11. The van der Waals surface area contributed by atoms with Gasteiger partial charge in [-0.15, -0.1) is 0 Å². The van der Waals surface area contributed by atoms with E-state index in [1.54, 1.807) is 12.1 Å². The number of ether oxygens (including phenoxy) is 2. The molecule has 0 spiro atoms. The molecule has 6 nitrogen and oxygen atoms in total. The van der Waals surface area contributed by atoms with E-state index in [1.165, 1.54) is 30.3 Å². The number of nitrogens with one attached hydrogen (secondary N) is 1. The first-order valence-corrected chi connectivity index (χ1v) is 10.6. The summed E-state index contributed by atoms with van der Waals surface area (Å²) in [5, 5.41) is 13.9. The highest BCUT2D eigenvalue weighted by Crippen LogP contribution is 2.37. The van der Waals surface area contributed by atoms with Crippen LogP contribution < -0.4 is 14.8 Å². The van der Waals surface area contributed by atoms with Crippen LogP contribution in [0, 0.1) is 5.82 Å². The van der Waals surface area contributed by atoms with Gasteiger partial charge >= 0.3 is 5.97 Å². The fourth-order valence-corrected chi connectivity index (χ4v) is 3.94. The summed E-state index contributed by atoms with van der Waals surface area (Å²) in [6.07, 6.45) is 1.48. The summed E-state index contributed by atoms with van der Waals surface area (Å²) in [4.78, 5) is 24.8. The van der Waals surface area contributed by atoms with E-state index in [0.29, 0.717) is 40.1 Å². The summed E-state index contributed by atoms with van der Waals surface area (Å²) < 4.78 is 24.5. The highest BCUT2D eigenvalue weighted by molar-refractivity contribution is 6.36. The molecular weight excluding hydrogens is 437 g/mol. The molecule has 0 heterocycles. The molecule has 3 aromatic carbocycles. The standard InChI is InChI=1S/C24H21ClFNO5/c25-20-14-19(22(28)27-24(23(29)30)10-3-11-24)21(18-5-2-1-4-17(18)20)32-13-12-31-16-8-6-15(26)7-9-16/h1-2,4-9,14H,3,10-13H2,(H,27,28)(H,29,30). The van der Waals surface area contributed by atoms with Gasteiger partial charge in [0.25, 0.3) is 5.91 Å². The number of aliphatic carboxylic acids is 1. The number of rotatable bonds is 8. The van der Waals surface area contributed by atoms with Crippen LogP contribution in [0.3, 0.4) is 0 Å². The van der Waals surface area contributed by atoms with Gasteiger partial charge in [-0.3, -0.25) is 4.79 Å². The van der Waals surface area contributed by atoms with Crippen LogP contribution in [0.2, 0.25) is 5.02 Å². The van der Waals surface area contributed by atoms with Crippen molar-refractivity contribution in [3.05, 3.63) is 71.0 Å². The number of benzene rings is 3. The third-order valence-electron chi connectivity index (χ3n) is 5.57. The molecule has 32 heavy (non-hydrogen) atoms. The van der Waals surface area contributed by atoms with Crippen LogP contribution in [-0.4, -0.2) is 35.7 Å². The summed E-state index contributed by atoms with van der Waals surface area (Å²) in [6.45, 7) is 0.260. The average molecular weight is 458 g/mol. The Hall–Kier alpha value is -3.32. The van der Waals surface area contributed by atoms with Crippen molar-refractivity contribution in [1.29, 1.82) is 0 Å². The fourth-order valence-electron chi connectivity index (χ4n) is 3.67. The zero-order chi connectivity index (χ0) is 22.7. The maximum absolute atomic E-state index is 13.1. The van der Waals surface area contributed by atoms with Crippen LogP contribution in [0.1, 0.15) is 29.6 Å². The molecule has 1 aliphatic rings. The molecule has 2 N–H and O–H groups in total. The van der Waals surface area contributed by atoms with Crippen molar-refractivity contribution >= 4 is 34.2 Å². The molecule has 1 amide bonds. The molecule has 166 valence electrons. The van der Waals surface area contributed by atoms with Crippen molar-refractivity contribution in [2.75, 3.05) is 13.2 Å². The molecule has 4 rings (SSSR count). The van der Waals surface area contributed by atoms with Gasteiger partial charge in [0.2, 0.25) is 0 Å². The summed E-state index contributed by atoms with van der Waals surface area (Å²) in [5.74, 6) is -1.19. The van der Waals surface area contributed by atoms with Gasteiger partial charge in [0.1, 0.15) is 36.1 Å². The minimum atomic E-state index is -1.27. The minimum absolute atomic E-state index is 0.105. The molecule has 0 atom stereocenters. The van der Waals surface area contributed by atoms with Gasteiger partial charge in [0.05, 0.1) is 5.56 Å². The molecule has 0 saturated heterocycles. The number of hydrogen-bond acceptors (Lipinski definition) is 4. The Morgan fingerprint density at radius 2 is 1.69 bits per heavy atom. The van der Waals surface area contributed by atoms with Gasteiger partial charge < -0.3 is 19.9 Å².